The van der Waals surface area contributed by atoms with Crippen molar-refractivity contribution in [1.29, 1.82) is 0 Å². The molecule has 0 unspecified atom stereocenters. The Labute approximate surface area is 125 Å². The van der Waals surface area contributed by atoms with E-state index in [9.17, 15) is 8.42 Å². The van der Waals surface area contributed by atoms with Crippen molar-refractivity contribution in [2.75, 3.05) is 6.54 Å². The third-order valence-electron chi connectivity index (χ3n) is 4.12. The minimum absolute atomic E-state index is 0.226. The molecule has 4 nitrogen and oxygen atoms in total. The standard InChI is InChI=1S/C14H22N2O2S2/c1-14(8-2-9-14)16-20(17,18)13-6-5-12(19-13)7-10-15-11-3-4-11/h5-6,11,15-16H,2-4,7-10H2,1H3. The number of sulfonamides is 1. The van der Waals surface area contributed by atoms with E-state index in [1.807, 2.05) is 13.0 Å². The maximum atomic E-state index is 12.3. The summed E-state index contributed by atoms with van der Waals surface area (Å²) in [5.74, 6) is 0. The summed E-state index contributed by atoms with van der Waals surface area (Å²) in [4.78, 5) is 1.14. The number of hydrogen-bond donors (Lipinski definition) is 2. The van der Waals surface area contributed by atoms with Crippen molar-refractivity contribution in [3.05, 3.63) is 17.0 Å². The summed E-state index contributed by atoms with van der Waals surface area (Å²) in [6.07, 6.45) is 6.47. The zero-order valence-corrected chi connectivity index (χ0v) is 13.4. The molecule has 1 heterocycles. The van der Waals surface area contributed by atoms with Gasteiger partial charge in [-0.3, -0.25) is 0 Å². The summed E-state index contributed by atoms with van der Waals surface area (Å²) in [7, 11) is -3.34. The SMILES string of the molecule is CC1(NS(=O)(=O)c2ccc(CCNC3CC3)s2)CCC1. The maximum Gasteiger partial charge on any atom is 0.250 e. The smallest absolute Gasteiger partial charge is 0.250 e. The van der Waals surface area contributed by atoms with Crippen LogP contribution in [0, 0.1) is 0 Å². The van der Waals surface area contributed by atoms with Gasteiger partial charge >= 0.3 is 0 Å². The molecule has 0 spiro atoms. The Balaban J connectivity index is 1.59. The Morgan fingerprint density at radius 3 is 2.70 bits per heavy atom. The van der Waals surface area contributed by atoms with Gasteiger partial charge in [-0.2, -0.15) is 0 Å². The molecule has 20 heavy (non-hydrogen) atoms. The molecular formula is C14H22N2O2S2. The first kappa shape index (κ1) is 14.5. The third kappa shape index (κ3) is 3.42. The molecule has 0 amide bonds. The van der Waals surface area contributed by atoms with Crippen molar-refractivity contribution in [2.45, 2.75) is 61.2 Å². The highest BCUT2D eigenvalue weighted by molar-refractivity contribution is 7.91. The fourth-order valence-electron chi connectivity index (χ4n) is 2.51. The Bertz CT molecular complexity index is 572. The minimum atomic E-state index is -3.34. The van der Waals surface area contributed by atoms with Gasteiger partial charge in [-0.15, -0.1) is 11.3 Å². The highest BCUT2D eigenvalue weighted by Crippen LogP contribution is 2.33. The second kappa shape index (κ2) is 5.40. The minimum Gasteiger partial charge on any atom is -0.314 e. The molecular weight excluding hydrogens is 292 g/mol. The fraction of sp³-hybridized carbons (Fsp3) is 0.714. The first-order chi connectivity index (χ1) is 9.47. The summed E-state index contributed by atoms with van der Waals surface area (Å²) in [6.45, 7) is 2.93. The van der Waals surface area contributed by atoms with Crippen LogP contribution in [-0.4, -0.2) is 26.5 Å². The molecule has 0 saturated heterocycles. The molecule has 112 valence electrons. The molecule has 6 heteroatoms. The van der Waals surface area contributed by atoms with E-state index >= 15 is 0 Å². The average molecular weight is 314 g/mol. The third-order valence-corrected chi connectivity index (χ3v) is 7.40. The zero-order chi connectivity index (χ0) is 14.2. The Morgan fingerprint density at radius 2 is 2.10 bits per heavy atom. The van der Waals surface area contributed by atoms with E-state index in [1.165, 1.54) is 24.2 Å². The van der Waals surface area contributed by atoms with E-state index in [0.717, 1.165) is 37.1 Å². The van der Waals surface area contributed by atoms with Crippen LogP contribution >= 0.6 is 11.3 Å². The molecule has 2 N–H and O–H groups in total. The summed E-state index contributed by atoms with van der Waals surface area (Å²) >= 11 is 1.40. The first-order valence-electron chi connectivity index (χ1n) is 7.33. The van der Waals surface area contributed by atoms with Crippen LogP contribution in [0.4, 0.5) is 0 Å². The predicted octanol–water partition coefficient (Wildman–Crippen LogP) is 2.26. The summed E-state index contributed by atoms with van der Waals surface area (Å²) < 4.78 is 28.0. The van der Waals surface area contributed by atoms with Crippen LogP contribution in [0.3, 0.4) is 0 Å². The topological polar surface area (TPSA) is 58.2 Å². The van der Waals surface area contributed by atoms with Crippen molar-refractivity contribution in [2.24, 2.45) is 0 Å². The van der Waals surface area contributed by atoms with E-state index in [-0.39, 0.29) is 5.54 Å². The number of thiophene rings is 1. The Hall–Kier alpha value is -0.430. The lowest BCUT2D eigenvalue weighted by atomic mass is 9.80. The average Bonchev–Trinajstić information content (AvgIpc) is 3.02. The Kier molecular flexibility index (Phi) is 3.92. The van der Waals surface area contributed by atoms with E-state index < -0.39 is 10.0 Å². The van der Waals surface area contributed by atoms with E-state index in [0.29, 0.717) is 10.3 Å². The second-order valence-corrected chi connectivity index (χ2v) is 9.30. The molecule has 2 aliphatic carbocycles. The van der Waals surface area contributed by atoms with Crippen molar-refractivity contribution in [3.8, 4) is 0 Å². The van der Waals surface area contributed by atoms with Gasteiger partial charge in [0.15, 0.2) is 0 Å². The molecule has 3 rings (SSSR count). The molecule has 0 atom stereocenters. The monoisotopic (exact) mass is 314 g/mol. The van der Waals surface area contributed by atoms with Crippen LogP contribution in [0.25, 0.3) is 0 Å². The van der Waals surface area contributed by atoms with E-state index in [1.54, 1.807) is 6.07 Å². The van der Waals surface area contributed by atoms with E-state index in [4.69, 9.17) is 0 Å². The highest BCUT2D eigenvalue weighted by atomic mass is 32.2. The second-order valence-electron chi connectivity index (χ2n) is 6.22. The number of nitrogens with one attached hydrogen (secondary N) is 2. The van der Waals surface area contributed by atoms with Crippen molar-refractivity contribution < 1.29 is 8.42 Å². The summed E-state index contributed by atoms with van der Waals surface area (Å²) in [6, 6.07) is 4.39. The van der Waals surface area contributed by atoms with Crippen LogP contribution in [-0.2, 0) is 16.4 Å². The lowest BCUT2D eigenvalue weighted by Gasteiger charge is -2.38. The predicted molar refractivity (Wildman–Crippen MR) is 81.6 cm³/mol. The Morgan fingerprint density at radius 1 is 1.35 bits per heavy atom. The zero-order valence-electron chi connectivity index (χ0n) is 11.8. The van der Waals surface area contributed by atoms with Gasteiger partial charge in [-0.1, -0.05) is 0 Å². The normalized spacial score (nSPS) is 21.6. The molecule has 0 bridgehead atoms. The quantitative estimate of drug-likeness (QED) is 0.811. The van der Waals surface area contributed by atoms with Crippen LogP contribution in [0.2, 0.25) is 0 Å². The van der Waals surface area contributed by atoms with Crippen LogP contribution in [0.5, 0.6) is 0 Å². The molecule has 2 fully saturated rings. The maximum absolute atomic E-state index is 12.3. The van der Waals surface area contributed by atoms with Crippen LogP contribution in [0.1, 0.15) is 43.9 Å². The largest absolute Gasteiger partial charge is 0.314 e. The van der Waals surface area contributed by atoms with Crippen LogP contribution < -0.4 is 10.0 Å². The first-order valence-corrected chi connectivity index (χ1v) is 9.63. The molecule has 2 saturated carbocycles. The highest BCUT2D eigenvalue weighted by Gasteiger charge is 2.36. The lowest BCUT2D eigenvalue weighted by Crippen LogP contribution is -2.50. The molecule has 0 aromatic carbocycles. The van der Waals surface area contributed by atoms with Crippen molar-refractivity contribution in [3.63, 3.8) is 0 Å². The molecule has 0 radical (unpaired) electrons. The number of hydrogen-bond acceptors (Lipinski definition) is 4. The molecule has 0 aliphatic heterocycles. The number of rotatable bonds is 7. The van der Waals surface area contributed by atoms with Gasteiger partial charge in [0, 0.05) is 23.0 Å². The lowest BCUT2D eigenvalue weighted by molar-refractivity contribution is 0.248. The van der Waals surface area contributed by atoms with Gasteiger partial charge < -0.3 is 5.32 Å². The van der Waals surface area contributed by atoms with Crippen LogP contribution in [0.15, 0.2) is 16.3 Å². The molecule has 2 aliphatic rings. The van der Waals surface area contributed by atoms with Gasteiger partial charge in [0.2, 0.25) is 0 Å². The molecule has 1 aromatic heterocycles. The van der Waals surface area contributed by atoms with Gasteiger partial charge in [0.05, 0.1) is 0 Å². The van der Waals surface area contributed by atoms with Gasteiger partial charge in [-0.05, 0) is 57.6 Å². The van der Waals surface area contributed by atoms with Crippen molar-refractivity contribution in [1.82, 2.24) is 10.0 Å². The van der Waals surface area contributed by atoms with Crippen molar-refractivity contribution >= 4 is 21.4 Å². The van der Waals surface area contributed by atoms with Gasteiger partial charge in [-0.25, -0.2) is 13.1 Å². The summed E-state index contributed by atoms with van der Waals surface area (Å²) in [5, 5.41) is 3.45. The fourth-order valence-corrected chi connectivity index (χ4v) is 5.33. The molecule has 1 aromatic rings. The van der Waals surface area contributed by atoms with E-state index in [2.05, 4.69) is 10.0 Å². The van der Waals surface area contributed by atoms with Gasteiger partial charge in [0.1, 0.15) is 4.21 Å². The summed E-state index contributed by atoms with van der Waals surface area (Å²) in [5.41, 5.74) is -0.226. The van der Waals surface area contributed by atoms with Gasteiger partial charge in [0.25, 0.3) is 10.0 Å².